The van der Waals surface area contributed by atoms with Gasteiger partial charge in [-0.1, -0.05) is 0 Å². The van der Waals surface area contributed by atoms with Gasteiger partial charge in [0.05, 0.1) is 54.2 Å². The normalized spacial score (nSPS) is 41.9. The van der Waals surface area contributed by atoms with E-state index < -0.39 is 53.9 Å². The summed E-state index contributed by atoms with van der Waals surface area (Å²) in [5.74, 6) is -1.54. The van der Waals surface area contributed by atoms with Crippen LogP contribution in [0.25, 0.3) is 0 Å². The lowest BCUT2D eigenvalue weighted by molar-refractivity contribution is -0.529. The van der Waals surface area contributed by atoms with E-state index in [1.165, 1.54) is 0 Å². The Hall–Kier alpha value is -2.92. The Labute approximate surface area is 316 Å². The molecule has 8 rings (SSSR count). The van der Waals surface area contributed by atoms with Crippen LogP contribution in [0.3, 0.4) is 0 Å². The minimum absolute atomic E-state index is 0.0153. The van der Waals surface area contributed by atoms with Crippen LogP contribution in [0, 0.1) is 16.0 Å². The molecule has 0 aromatic rings. The molecule has 14 atom stereocenters. The van der Waals surface area contributed by atoms with Crippen LogP contribution in [0.1, 0.15) is 85.5 Å². The Kier molecular flexibility index (Phi) is 10.5. The Morgan fingerprint density at radius 1 is 1.06 bits per heavy atom. The summed E-state index contributed by atoms with van der Waals surface area (Å²) in [5, 5.41) is 21.8. The molecule has 3 saturated carbocycles. The Balaban J connectivity index is 1.04. The fourth-order valence-corrected chi connectivity index (χ4v) is 10.8. The van der Waals surface area contributed by atoms with Crippen LogP contribution in [-0.4, -0.2) is 155 Å². The maximum atomic E-state index is 16.5. The number of alkyl carbamates (subject to hydrolysis) is 1. The van der Waals surface area contributed by atoms with E-state index in [-0.39, 0.29) is 71.7 Å². The van der Waals surface area contributed by atoms with Gasteiger partial charge in [0.15, 0.2) is 5.78 Å². The van der Waals surface area contributed by atoms with Crippen LogP contribution in [0.2, 0.25) is 0 Å². The van der Waals surface area contributed by atoms with E-state index in [2.05, 4.69) is 32.7 Å². The molecule has 0 spiro atoms. The lowest BCUT2D eigenvalue weighted by atomic mass is 9.69. The molecule has 13 unspecified atom stereocenters. The molecule has 0 aromatic carbocycles. The number of likely N-dealkylation sites (tertiary alicyclic amines) is 2. The number of halogens is 1. The predicted molar refractivity (Wildman–Crippen MR) is 194 cm³/mol. The molecule has 3 N–H and O–H groups in total. The molecule has 7 fully saturated rings. The summed E-state index contributed by atoms with van der Waals surface area (Å²) in [6, 6.07) is -1.76. The first-order valence-corrected chi connectivity index (χ1v) is 20.4. The van der Waals surface area contributed by atoms with Crippen molar-refractivity contribution < 1.29 is 37.9 Å². The van der Waals surface area contributed by atoms with Crippen molar-refractivity contribution in [1.29, 1.82) is 0 Å². The standard InChI is InChI=1S/C38H58FN7O8/c1-20-6-5-11-43(20)13-10-40-32-25(39)15-23-33-35(32)53-31-16-27-30(52-29-14-22(46(50)51)7-8-26(29)42-27)17-28(31)45(33)19-24(34(23)47)36(48)44-12-9-21(18-44)41-37(49)54-38(2,3)4/h19-23,25-33,35,40,42H,5-18H2,1-4H3,(H,41,49)/t20?,21-,22?,23?,25?,26?,27?,28?,29?,30?,31?,32?,33?,35?/m0/s1. The molecule has 300 valence electrons. The highest BCUT2D eigenvalue weighted by Gasteiger charge is 2.61. The lowest BCUT2D eigenvalue weighted by Crippen LogP contribution is -2.75. The molecule has 5 aliphatic heterocycles. The summed E-state index contributed by atoms with van der Waals surface area (Å²) >= 11 is 0. The van der Waals surface area contributed by atoms with Crippen molar-refractivity contribution in [3.05, 3.63) is 21.9 Å². The number of carbonyl (C=O) groups excluding carboxylic acids is 3. The quantitative estimate of drug-likeness (QED) is 0.196. The summed E-state index contributed by atoms with van der Waals surface area (Å²) in [7, 11) is 0. The van der Waals surface area contributed by atoms with Crippen LogP contribution >= 0.6 is 0 Å². The van der Waals surface area contributed by atoms with E-state index in [0.29, 0.717) is 57.7 Å². The molecule has 4 saturated heterocycles. The van der Waals surface area contributed by atoms with E-state index in [9.17, 15) is 24.5 Å². The average Bonchev–Trinajstić information content (AvgIpc) is 3.75. The number of rotatable bonds is 7. The molecule has 2 amide bonds. The number of Topliss-reactive ketones (excluding diaryl/α,β-unsaturated/α-hetero) is 1. The van der Waals surface area contributed by atoms with Crippen molar-refractivity contribution in [2.45, 2.75) is 170 Å². The summed E-state index contributed by atoms with van der Waals surface area (Å²) in [6.45, 7) is 10.6. The molecular weight excluding hydrogens is 701 g/mol. The van der Waals surface area contributed by atoms with E-state index in [1.807, 2.05) is 0 Å². The number of ketones is 1. The van der Waals surface area contributed by atoms with E-state index in [4.69, 9.17) is 14.2 Å². The van der Waals surface area contributed by atoms with Crippen LogP contribution in [0.4, 0.5) is 9.18 Å². The van der Waals surface area contributed by atoms with Crippen molar-refractivity contribution in [1.82, 2.24) is 30.7 Å². The monoisotopic (exact) mass is 759 g/mol. The fraction of sp³-hybridized carbons (Fsp3) is 0.868. The summed E-state index contributed by atoms with van der Waals surface area (Å²) in [6.07, 6.45) is 3.93. The first-order valence-electron chi connectivity index (χ1n) is 20.4. The summed E-state index contributed by atoms with van der Waals surface area (Å²) < 4.78 is 35.5. The molecule has 5 heterocycles. The minimum atomic E-state index is -1.34. The third-order valence-corrected chi connectivity index (χ3v) is 13.5. The maximum Gasteiger partial charge on any atom is 0.407 e. The van der Waals surface area contributed by atoms with Gasteiger partial charge in [0.25, 0.3) is 5.91 Å². The molecule has 0 radical (unpaired) electrons. The number of carbonyl (C=O) groups is 3. The fourth-order valence-electron chi connectivity index (χ4n) is 10.8. The lowest BCUT2D eigenvalue weighted by Gasteiger charge is -2.61. The van der Waals surface area contributed by atoms with E-state index >= 15 is 4.39 Å². The van der Waals surface area contributed by atoms with Gasteiger partial charge in [-0.3, -0.25) is 24.6 Å². The summed E-state index contributed by atoms with van der Waals surface area (Å²) in [5.41, 5.74) is -0.619. The van der Waals surface area contributed by atoms with Crippen molar-refractivity contribution in [3.63, 3.8) is 0 Å². The maximum absolute atomic E-state index is 16.5. The van der Waals surface area contributed by atoms with Crippen LogP contribution in [0.15, 0.2) is 11.8 Å². The highest BCUT2D eigenvalue weighted by Crippen LogP contribution is 2.47. The van der Waals surface area contributed by atoms with Crippen LogP contribution in [0.5, 0.6) is 0 Å². The first-order chi connectivity index (χ1) is 25.7. The number of nitro groups is 1. The predicted octanol–water partition coefficient (Wildman–Crippen LogP) is 1.90. The van der Waals surface area contributed by atoms with Gasteiger partial charge in [-0.05, 0) is 79.2 Å². The second-order valence-electron chi connectivity index (χ2n) is 18.1. The highest BCUT2D eigenvalue weighted by molar-refractivity contribution is 6.20. The highest BCUT2D eigenvalue weighted by atomic mass is 19.1. The Morgan fingerprint density at radius 3 is 2.59 bits per heavy atom. The smallest absolute Gasteiger partial charge is 0.407 e. The second kappa shape index (κ2) is 14.9. The van der Waals surface area contributed by atoms with Gasteiger partial charge in [0, 0.05) is 74.2 Å². The number of morpholine rings is 2. The molecule has 54 heavy (non-hydrogen) atoms. The largest absolute Gasteiger partial charge is 0.444 e. The van der Waals surface area contributed by atoms with Gasteiger partial charge < -0.3 is 40.0 Å². The molecule has 8 aliphatic rings. The zero-order valence-corrected chi connectivity index (χ0v) is 32.0. The third kappa shape index (κ3) is 7.37. The van der Waals surface area contributed by atoms with E-state index in [0.717, 1.165) is 25.9 Å². The Bertz CT molecular complexity index is 1510. The van der Waals surface area contributed by atoms with Crippen molar-refractivity contribution in [2.75, 3.05) is 32.7 Å². The molecule has 16 heteroatoms. The topological polar surface area (TPSA) is 168 Å². The average molecular weight is 760 g/mol. The minimum Gasteiger partial charge on any atom is -0.444 e. The number of nitrogens with zero attached hydrogens (tertiary/aromatic N) is 4. The van der Waals surface area contributed by atoms with Crippen LogP contribution in [-0.2, 0) is 23.8 Å². The number of hydrogen-bond donors (Lipinski definition) is 3. The SMILES string of the molecule is CC1CCCN1CCNC1C(F)CC2C(=O)C(C(=O)N3CC[C@H](NC(=O)OC(C)(C)C)C3)=CN3C4CC5OC6CC([N+](=O)[O-])CCC6NC5CC4OC1C23. The van der Waals surface area contributed by atoms with Crippen molar-refractivity contribution in [2.24, 2.45) is 5.92 Å². The van der Waals surface area contributed by atoms with Crippen molar-refractivity contribution >= 4 is 17.8 Å². The molecular formula is C38H58FN7O8. The zero-order valence-electron chi connectivity index (χ0n) is 32.0. The van der Waals surface area contributed by atoms with Crippen molar-refractivity contribution in [3.8, 4) is 0 Å². The van der Waals surface area contributed by atoms with Gasteiger partial charge in [-0.2, -0.15) is 0 Å². The van der Waals surface area contributed by atoms with Crippen LogP contribution < -0.4 is 16.0 Å². The number of alkyl halides is 1. The van der Waals surface area contributed by atoms with Gasteiger partial charge in [0.2, 0.25) is 6.04 Å². The first kappa shape index (κ1) is 38.0. The molecule has 0 bridgehead atoms. The number of nitrogens with one attached hydrogen (secondary N) is 3. The van der Waals surface area contributed by atoms with E-state index in [1.54, 1.807) is 31.9 Å². The third-order valence-electron chi connectivity index (χ3n) is 13.5. The number of amides is 2. The summed E-state index contributed by atoms with van der Waals surface area (Å²) in [4.78, 5) is 58.7. The van der Waals surface area contributed by atoms with Gasteiger partial charge in [-0.15, -0.1) is 0 Å². The molecule has 15 nitrogen and oxygen atoms in total. The van der Waals surface area contributed by atoms with Gasteiger partial charge in [0.1, 0.15) is 11.8 Å². The number of fused-ring (bicyclic) bond motifs is 4. The second-order valence-corrected chi connectivity index (χ2v) is 18.1. The number of ether oxygens (including phenoxy) is 3. The van der Waals surface area contributed by atoms with Gasteiger partial charge in [-0.25, -0.2) is 9.18 Å². The van der Waals surface area contributed by atoms with Gasteiger partial charge >= 0.3 is 6.09 Å². The molecule has 0 aromatic heterocycles. The molecule has 3 aliphatic carbocycles. The Morgan fingerprint density at radius 2 is 1.85 bits per heavy atom. The number of hydrogen-bond acceptors (Lipinski definition) is 12. The zero-order chi connectivity index (χ0) is 38.1.